The van der Waals surface area contributed by atoms with Crippen molar-refractivity contribution in [3.05, 3.63) is 12.7 Å². The molecule has 0 aliphatic heterocycles. The third-order valence-corrected chi connectivity index (χ3v) is 1.24. The van der Waals surface area contributed by atoms with Gasteiger partial charge in [0.15, 0.2) is 0 Å². The van der Waals surface area contributed by atoms with Gasteiger partial charge < -0.3 is 0 Å². The van der Waals surface area contributed by atoms with E-state index in [-0.39, 0.29) is 0 Å². The summed E-state index contributed by atoms with van der Waals surface area (Å²) in [4.78, 5) is 18.5. The number of rotatable bonds is 3. The maximum atomic E-state index is 9.97. The number of alkyl halides is 1. The average molecular weight is 225 g/mol. The van der Waals surface area contributed by atoms with Crippen molar-refractivity contribution in [1.82, 2.24) is 0 Å². The van der Waals surface area contributed by atoms with Gasteiger partial charge in [0.05, 0.1) is 0 Å². The average Bonchev–Trinajstić information content (AvgIpc) is 2.04. The van der Waals surface area contributed by atoms with Crippen LogP contribution in [0.4, 0.5) is 0 Å². The van der Waals surface area contributed by atoms with E-state index in [4.69, 9.17) is 11.6 Å². The van der Waals surface area contributed by atoms with Crippen molar-refractivity contribution in [2.45, 2.75) is 0 Å². The largest absolute Gasteiger partial charge is 0.383 e. The lowest BCUT2D eigenvalue weighted by Gasteiger charge is -1.72. The Morgan fingerprint density at radius 3 is 1.77 bits per heavy atom. The molecule has 0 aromatic rings. The third kappa shape index (κ3) is 13.7. The Morgan fingerprint density at radius 1 is 1.31 bits per heavy atom. The number of carbonyl (C=O) groups excluding carboxylic acids is 2. The van der Waals surface area contributed by atoms with E-state index in [1.807, 2.05) is 0 Å². The molecule has 6 nitrogen and oxygen atoms in total. The first-order chi connectivity index (χ1) is 6.04. The molecule has 0 aliphatic rings. The van der Waals surface area contributed by atoms with Crippen LogP contribution in [0.15, 0.2) is 21.5 Å². The molecule has 0 N–H and O–H groups in total. The summed E-state index contributed by atoms with van der Waals surface area (Å²) in [7, 11) is -4.28. The predicted octanol–water partition coefficient (Wildman–Crippen LogP) is 0.314. The molecule has 13 heavy (non-hydrogen) atoms. The van der Waals surface area contributed by atoms with Crippen molar-refractivity contribution < 1.29 is 18.0 Å². The van der Waals surface area contributed by atoms with E-state index in [0.29, 0.717) is 18.0 Å². The first kappa shape index (κ1) is 14.3. The summed E-state index contributed by atoms with van der Waals surface area (Å²) in [6, 6.07) is 0. The van der Waals surface area contributed by atoms with Crippen LogP contribution in [0.1, 0.15) is 0 Å². The van der Waals surface area contributed by atoms with Gasteiger partial charge in [0.1, 0.15) is 0 Å². The molecule has 0 atom stereocenters. The molecule has 0 rings (SSSR count). The Morgan fingerprint density at radius 2 is 1.62 bits per heavy atom. The zero-order valence-corrected chi connectivity index (χ0v) is 7.88. The standard InChI is InChI=1S/C3H5Cl.C2N2O4S/c1-2-3-4;5-1-3-9(7,8)4-2-6/h2H,1,3H2;. The van der Waals surface area contributed by atoms with Crippen LogP contribution < -0.4 is 0 Å². The summed E-state index contributed by atoms with van der Waals surface area (Å²) >= 11 is 5.07. The minimum atomic E-state index is -4.28. The van der Waals surface area contributed by atoms with Gasteiger partial charge in [-0.05, 0) is 0 Å². The van der Waals surface area contributed by atoms with Crippen LogP contribution in [-0.4, -0.2) is 26.5 Å². The molecule has 0 fully saturated rings. The molecule has 8 heteroatoms. The third-order valence-electron chi connectivity index (χ3n) is 0.414. The van der Waals surface area contributed by atoms with E-state index >= 15 is 0 Å². The number of halogens is 1. The molecule has 0 saturated carbocycles. The number of hydrogen-bond acceptors (Lipinski definition) is 4. The van der Waals surface area contributed by atoms with Crippen LogP contribution in [0.2, 0.25) is 0 Å². The van der Waals surface area contributed by atoms with E-state index < -0.39 is 10.2 Å². The zero-order chi connectivity index (χ0) is 10.7. The summed E-state index contributed by atoms with van der Waals surface area (Å²) in [5, 5.41) is 0. The highest BCUT2D eigenvalue weighted by Gasteiger charge is 2.00. The van der Waals surface area contributed by atoms with Gasteiger partial charge in [-0.3, -0.25) is 0 Å². The van der Waals surface area contributed by atoms with E-state index in [0.717, 1.165) is 0 Å². The highest BCUT2D eigenvalue weighted by molar-refractivity contribution is 7.89. The lowest BCUT2D eigenvalue weighted by molar-refractivity contribution is 0.561. The van der Waals surface area contributed by atoms with E-state index in [2.05, 4.69) is 15.4 Å². The molecule has 0 unspecified atom stereocenters. The van der Waals surface area contributed by atoms with Crippen molar-refractivity contribution >= 4 is 34.0 Å². The second-order valence-electron chi connectivity index (χ2n) is 1.26. The second kappa shape index (κ2) is 8.83. The summed E-state index contributed by atoms with van der Waals surface area (Å²) in [6.45, 7) is 3.35. The quantitative estimate of drug-likeness (QED) is 0.299. The van der Waals surface area contributed by atoms with Crippen molar-refractivity contribution in [1.29, 1.82) is 0 Å². The van der Waals surface area contributed by atoms with Gasteiger partial charge in [-0.15, -0.1) is 18.2 Å². The summed E-state index contributed by atoms with van der Waals surface area (Å²) in [6.07, 6.45) is 3.05. The van der Waals surface area contributed by atoms with Gasteiger partial charge in [-0.25, -0.2) is 9.59 Å². The molecule has 0 bridgehead atoms. The molecular formula is C5H5ClN2O4S. The van der Waals surface area contributed by atoms with Gasteiger partial charge in [0, 0.05) is 5.88 Å². The maximum absolute atomic E-state index is 9.97. The van der Waals surface area contributed by atoms with Crippen LogP contribution in [0, 0.1) is 0 Å². The monoisotopic (exact) mass is 224 g/mol. The van der Waals surface area contributed by atoms with Crippen molar-refractivity contribution in [2.75, 3.05) is 5.88 Å². The number of hydrogen-bond donors (Lipinski definition) is 0. The van der Waals surface area contributed by atoms with Crippen LogP contribution in [0.3, 0.4) is 0 Å². The van der Waals surface area contributed by atoms with E-state index in [1.165, 1.54) is 0 Å². The topological polar surface area (TPSA) is 93.0 Å². The predicted molar refractivity (Wildman–Crippen MR) is 46.1 cm³/mol. The molecule has 0 saturated heterocycles. The van der Waals surface area contributed by atoms with Crippen molar-refractivity contribution in [3.63, 3.8) is 0 Å². The molecule has 0 radical (unpaired) electrons. The Bertz CT molecular complexity index is 314. The molecule has 0 aliphatic carbocycles. The fourth-order valence-electron chi connectivity index (χ4n) is 0.115. The fourth-order valence-corrected chi connectivity index (χ4v) is 0.344. The lowest BCUT2D eigenvalue weighted by atomic mass is 10.8. The number of isocyanates is 2. The molecule has 0 heterocycles. The highest BCUT2D eigenvalue weighted by Crippen LogP contribution is 1.87. The van der Waals surface area contributed by atoms with E-state index in [9.17, 15) is 18.0 Å². The van der Waals surface area contributed by atoms with Gasteiger partial charge in [0.25, 0.3) is 12.2 Å². The first-order valence-electron chi connectivity index (χ1n) is 2.64. The Labute approximate surface area is 79.8 Å². The molecule has 0 spiro atoms. The number of allylic oxidation sites excluding steroid dienone is 1. The van der Waals surface area contributed by atoms with Crippen molar-refractivity contribution in [3.8, 4) is 0 Å². The van der Waals surface area contributed by atoms with Crippen LogP contribution in [0.25, 0.3) is 0 Å². The molecule has 0 aromatic heterocycles. The van der Waals surface area contributed by atoms with Gasteiger partial charge in [0.2, 0.25) is 0 Å². The number of nitrogens with zero attached hydrogens (tertiary/aromatic N) is 2. The Hall–Kier alpha value is -1.26. The minimum absolute atomic E-state index is 0.556. The normalized spacial score (nSPS) is 8.08. The SMILES string of the molecule is C=CCCl.O=C=NS(=O)(=O)N=C=O. The first-order valence-corrected chi connectivity index (χ1v) is 4.57. The Balaban J connectivity index is 0. The molecule has 0 aromatic carbocycles. The highest BCUT2D eigenvalue weighted by atomic mass is 35.5. The van der Waals surface area contributed by atoms with Crippen LogP contribution in [0.5, 0.6) is 0 Å². The van der Waals surface area contributed by atoms with Gasteiger partial charge >= 0.3 is 10.2 Å². The van der Waals surface area contributed by atoms with E-state index in [1.54, 1.807) is 6.08 Å². The van der Waals surface area contributed by atoms with Gasteiger partial charge in [-0.2, -0.15) is 8.42 Å². The lowest BCUT2D eigenvalue weighted by Crippen LogP contribution is -1.86. The molecular weight excluding hydrogens is 220 g/mol. The van der Waals surface area contributed by atoms with Crippen LogP contribution >= 0.6 is 11.6 Å². The zero-order valence-electron chi connectivity index (χ0n) is 6.31. The smallest absolute Gasteiger partial charge is 0.210 e. The summed E-state index contributed by atoms with van der Waals surface area (Å²) < 4.78 is 24.3. The summed E-state index contributed by atoms with van der Waals surface area (Å²) in [5.74, 6) is 0.556. The maximum Gasteiger partial charge on any atom is 0.383 e. The molecule has 72 valence electrons. The molecule has 0 amide bonds. The van der Waals surface area contributed by atoms with Crippen LogP contribution in [-0.2, 0) is 19.8 Å². The van der Waals surface area contributed by atoms with Gasteiger partial charge in [-0.1, -0.05) is 14.9 Å². The van der Waals surface area contributed by atoms with Crippen molar-refractivity contribution in [2.24, 2.45) is 8.80 Å². The fraction of sp³-hybridized carbons (Fsp3) is 0.200. The minimum Gasteiger partial charge on any atom is -0.210 e. The Kier molecular flexibility index (Phi) is 9.70. The summed E-state index contributed by atoms with van der Waals surface area (Å²) in [5.41, 5.74) is 0. The second-order valence-corrected chi connectivity index (χ2v) is 2.83.